The first-order chi connectivity index (χ1) is 9.70. The molecule has 0 aliphatic heterocycles. The monoisotopic (exact) mass is 308 g/mol. The standard InChI is InChI=1S/C13H10Cl2N4O/c1-20-7-19-10-5-3-2-4-8(10)11(18-19)12-9(14)6-16-13(15)17-12/h2-6H,7H2,1H3. The molecule has 2 aromatic heterocycles. The first kappa shape index (κ1) is 13.3. The van der Waals surface area contributed by atoms with E-state index in [4.69, 9.17) is 27.9 Å². The predicted octanol–water partition coefficient (Wildman–Crippen LogP) is 3.40. The second-order valence-electron chi connectivity index (χ2n) is 4.12. The fourth-order valence-corrected chi connectivity index (χ4v) is 2.35. The average Bonchev–Trinajstić information content (AvgIpc) is 2.81. The van der Waals surface area contributed by atoms with E-state index in [1.807, 2.05) is 24.3 Å². The average molecular weight is 309 g/mol. The highest BCUT2D eigenvalue weighted by Crippen LogP contribution is 2.31. The summed E-state index contributed by atoms with van der Waals surface area (Å²) in [5.41, 5.74) is 2.11. The van der Waals surface area contributed by atoms with Crippen LogP contribution in [0.15, 0.2) is 30.5 Å². The zero-order chi connectivity index (χ0) is 14.1. The highest BCUT2D eigenvalue weighted by atomic mass is 35.5. The van der Waals surface area contributed by atoms with Gasteiger partial charge in [-0.25, -0.2) is 14.6 Å². The summed E-state index contributed by atoms with van der Waals surface area (Å²) in [6, 6.07) is 7.79. The van der Waals surface area contributed by atoms with Gasteiger partial charge in [0.05, 0.1) is 16.7 Å². The van der Waals surface area contributed by atoms with Crippen molar-refractivity contribution in [2.24, 2.45) is 0 Å². The fraction of sp³-hybridized carbons (Fsp3) is 0.154. The maximum atomic E-state index is 6.15. The van der Waals surface area contributed by atoms with Crippen molar-refractivity contribution in [3.63, 3.8) is 0 Å². The van der Waals surface area contributed by atoms with Crippen LogP contribution in [0.5, 0.6) is 0 Å². The number of hydrogen-bond acceptors (Lipinski definition) is 4. The smallest absolute Gasteiger partial charge is 0.223 e. The van der Waals surface area contributed by atoms with Gasteiger partial charge in [-0.2, -0.15) is 5.10 Å². The van der Waals surface area contributed by atoms with Crippen molar-refractivity contribution in [1.29, 1.82) is 0 Å². The molecule has 0 amide bonds. The summed E-state index contributed by atoms with van der Waals surface area (Å²) in [5, 5.41) is 5.98. The minimum Gasteiger partial charge on any atom is -0.362 e. The Morgan fingerprint density at radius 1 is 1.20 bits per heavy atom. The largest absolute Gasteiger partial charge is 0.362 e. The SMILES string of the molecule is COCn1nc(-c2nc(Cl)ncc2Cl)c2ccccc21. The van der Waals surface area contributed by atoms with E-state index in [9.17, 15) is 0 Å². The van der Waals surface area contributed by atoms with Gasteiger partial charge >= 0.3 is 0 Å². The Balaban J connectivity index is 2.28. The van der Waals surface area contributed by atoms with E-state index >= 15 is 0 Å². The van der Waals surface area contributed by atoms with Gasteiger partial charge in [0.1, 0.15) is 18.1 Å². The molecule has 3 rings (SSSR count). The summed E-state index contributed by atoms with van der Waals surface area (Å²) in [6.07, 6.45) is 1.47. The minimum absolute atomic E-state index is 0.134. The number of nitrogens with zero attached hydrogens (tertiary/aromatic N) is 4. The van der Waals surface area contributed by atoms with E-state index in [2.05, 4.69) is 15.1 Å². The third-order valence-corrected chi connectivity index (χ3v) is 3.31. The first-order valence-corrected chi connectivity index (χ1v) is 6.59. The number of aromatic nitrogens is 4. The number of methoxy groups -OCH3 is 1. The highest BCUT2D eigenvalue weighted by Gasteiger charge is 2.16. The van der Waals surface area contributed by atoms with E-state index in [0.717, 1.165) is 10.9 Å². The van der Waals surface area contributed by atoms with Crippen LogP contribution in [0.2, 0.25) is 10.3 Å². The van der Waals surface area contributed by atoms with Crippen LogP contribution >= 0.6 is 23.2 Å². The molecule has 0 bridgehead atoms. The minimum atomic E-state index is 0.134. The van der Waals surface area contributed by atoms with Gasteiger partial charge in [0.25, 0.3) is 0 Å². The number of halogens is 2. The van der Waals surface area contributed by atoms with Crippen molar-refractivity contribution in [2.45, 2.75) is 6.73 Å². The number of hydrogen-bond donors (Lipinski definition) is 0. The molecular formula is C13H10Cl2N4O. The van der Waals surface area contributed by atoms with Crippen molar-refractivity contribution >= 4 is 34.1 Å². The summed E-state index contributed by atoms with van der Waals surface area (Å²) in [5.74, 6) is 0. The molecule has 0 fully saturated rings. The quantitative estimate of drug-likeness (QED) is 0.696. The molecule has 0 saturated carbocycles. The van der Waals surface area contributed by atoms with Crippen LogP contribution in [0.25, 0.3) is 22.3 Å². The summed E-state index contributed by atoms with van der Waals surface area (Å²) >= 11 is 12.0. The molecule has 20 heavy (non-hydrogen) atoms. The summed E-state index contributed by atoms with van der Waals surface area (Å²) in [7, 11) is 1.62. The van der Waals surface area contributed by atoms with Crippen LogP contribution in [-0.4, -0.2) is 26.9 Å². The van der Waals surface area contributed by atoms with Crippen molar-refractivity contribution in [2.75, 3.05) is 7.11 Å². The normalized spacial score (nSPS) is 11.2. The van der Waals surface area contributed by atoms with E-state index < -0.39 is 0 Å². The maximum absolute atomic E-state index is 6.15. The van der Waals surface area contributed by atoms with E-state index in [1.54, 1.807) is 11.8 Å². The third-order valence-electron chi connectivity index (χ3n) is 2.85. The van der Waals surface area contributed by atoms with Gasteiger partial charge in [0.2, 0.25) is 5.28 Å². The van der Waals surface area contributed by atoms with Crippen LogP contribution in [0.1, 0.15) is 0 Å². The maximum Gasteiger partial charge on any atom is 0.223 e. The molecule has 0 spiro atoms. The molecule has 3 aromatic rings. The molecule has 0 aliphatic rings. The Hall–Kier alpha value is -1.69. The Morgan fingerprint density at radius 3 is 2.80 bits per heavy atom. The van der Waals surface area contributed by atoms with Crippen LogP contribution in [0.4, 0.5) is 0 Å². The van der Waals surface area contributed by atoms with Crippen LogP contribution < -0.4 is 0 Å². The molecule has 5 nitrogen and oxygen atoms in total. The molecule has 102 valence electrons. The van der Waals surface area contributed by atoms with Gasteiger partial charge in [-0.3, -0.25) is 0 Å². The summed E-state index contributed by atoms with van der Waals surface area (Å²) < 4.78 is 6.89. The second kappa shape index (κ2) is 5.36. The lowest BCUT2D eigenvalue weighted by Crippen LogP contribution is -2.01. The number of para-hydroxylation sites is 1. The summed E-state index contributed by atoms with van der Waals surface area (Å²) in [6.45, 7) is 0.344. The zero-order valence-corrected chi connectivity index (χ0v) is 12.1. The van der Waals surface area contributed by atoms with Crippen LogP contribution in [0, 0.1) is 0 Å². The van der Waals surface area contributed by atoms with Gasteiger partial charge < -0.3 is 4.74 Å². The van der Waals surface area contributed by atoms with E-state index in [1.165, 1.54) is 6.20 Å². The molecular weight excluding hydrogens is 299 g/mol. The van der Waals surface area contributed by atoms with Gasteiger partial charge in [0.15, 0.2) is 0 Å². The zero-order valence-electron chi connectivity index (χ0n) is 10.5. The van der Waals surface area contributed by atoms with Crippen LogP contribution in [-0.2, 0) is 11.5 Å². The number of fused-ring (bicyclic) bond motifs is 1. The van der Waals surface area contributed by atoms with Crippen molar-refractivity contribution in [1.82, 2.24) is 19.7 Å². The number of rotatable bonds is 3. The van der Waals surface area contributed by atoms with Gasteiger partial charge in [-0.1, -0.05) is 29.8 Å². The lowest BCUT2D eigenvalue weighted by molar-refractivity contribution is 0.124. The molecule has 2 heterocycles. The Labute approximate surface area is 125 Å². The molecule has 0 radical (unpaired) electrons. The Kier molecular flexibility index (Phi) is 3.56. The van der Waals surface area contributed by atoms with Crippen molar-refractivity contribution in [3.8, 4) is 11.4 Å². The first-order valence-electron chi connectivity index (χ1n) is 5.83. The lowest BCUT2D eigenvalue weighted by atomic mass is 10.1. The fourth-order valence-electron chi connectivity index (χ4n) is 2.03. The lowest BCUT2D eigenvalue weighted by Gasteiger charge is -2.00. The number of ether oxygens (including phenoxy) is 1. The Bertz CT molecular complexity index is 772. The van der Waals surface area contributed by atoms with Gasteiger partial charge in [-0.15, -0.1) is 0 Å². The predicted molar refractivity (Wildman–Crippen MR) is 77.8 cm³/mol. The third kappa shape index (κ3) is 2.24. The molecule has 1 aromatic carbocycles. The Morgan fingerprint density at radius 2 is 2.00 bits per heavy atom. The number of benzene rings is 1. The topological polar surface area (TPSA) is 52.8 Å². The molecule has 0 aliphatic carbocycles. The van der Waals surface area contributed by atoms with Gasteiger partial charge in [-0.05, 0) is 17.7 Å². The van der Waals surface area contributed by atoms with Crippen molar-refractivity contribution < 1.29 is 4.74 Å². The van der Waals surface area contributed by atoms with E-state index in [-0.39, 0.29) is 5.28 Å². The van der Waals surface area contributed by atoms with E-state index in [0.29, 0.717) is 23.1 Å². The summed E-state index contributed by atoms with van der Waals surface area (Å²) in [4.78, 5) is 8.02. The molecule has 0 saturated heterocycles. The highest BCUT2D eigenvalue weighted by molar-refractivity contribution is 6.34. The van der Waals surface area contributed by atoms with Crippen LogP contribution in [0.3, 0.4) is 0 Å². The van der Waals surface area contributed by atoms with Gasteiger partial charge in [0, 0.05) is 12.5 Å². The molecule has 0 atom stereocenters. The second-order valence-corrected chi connectivity index (χ2v) is 4.86. The molecule has 0 N–H and O–H groups in total. The molecule has 7 heteroatoms. The van der Waals surface area contributed by atoms with Crippen molar-refractivity contribution in [3.05, 3.63) is 40.8 Å². The molecule has 0 unspecified atom stereocenters.